The van der Waals surface area contributed by atoms with Gasteiger partial charge in [0.1, 0.15) is 0 Å². The van der Waals surface area contributed by atoms with E-state index in [0.29, 0.717) is 34.8 Å². The summed E-state index contributed by atoms with van der Waals surface area (Å²) in [5.74, 6) is -0.207. The van der Waals surface area contributed by atoms with Gasteiger partial charge in [0.05, 0.1) is 30.5 Å². The van der Waals surface area contributed by atoms with Crippen molar-refractivity contribution in [3.63, 3.8) is 0 Å². The van der Waals surface area contributed by atoms with E-state index in [2.05, 4.69) is 4.98 Å². The molecule has 8 heteroatoms. The number of likely N-dealkylation sites (N-methyl/N-ethyl adjacent to an activating group) is 1. The minimum atomic E-state index is -0.357. The first-order chi connectivity index (χ1) is 18.0. The van der Waals surface area contributed by atoms with Crippen LogP contribution in [-0.2, 0) is 4.79 Å². The van der Waals surface area contributed by atoms with Gasteiger partial charge < -0.3 is 10.1 Å². The van der Waals surface area contributed by atoms with E-state index >= 15 is 0 Å². The molecule has 0 radical (unpaired) electrons. The van der Waals surface area contributed by atoms with Crippen LogP contribution in [0.25, 0.3) is 22.0 Å². The molecule has 188 valence electrons. The number of hydrogen-bond donors (Lipinski definition) is 2. The summed E-state index contributed by atoms with van der Waals surface area (Å²) in [5.41, 5.74) is 3.90. The molecule has 1 aliphatic heterocycles. The molecule has 3 aromatic carbocycles. The fourth-order valence-electron chi connectivity index (χ4n) is 4.82. The highest BCUT2D eigenvalue weighted by atomic mass is 35.5. The van der Waals surface area contributed by atoms with E-state index in [9.17, 15) is 14.7 Å². The number of fused-ring (bicyclic) bond motifs is 1. The maximum absolute atomic E-state index is 13.6. The molecular formula is C29H27ClN4O3. The van der Waals surface area contributed by atoms with Crippen LogP contribution in [0, 0.1) is 0 Å². The molecule has 2 heterocycles. The number of benzene rings is 3. The summed E-state index contributed by atoms with van der Waals surface area (Å²) in [6.07, 6.45) is 0.383. The lowest BCUT2D eigenvalue weighted by molar-refractivity contribution is -0.134. The lowest BCUT2D eigenvalue weighted by Gasteiger charge is -2.24. The number of carbonyl (C=O) groups is 1. The first kappa shape index (κ1) is 24.9. The third-order valence-electron chi connectivity index (χ3n) is 6.56. The van der Waals surface area contributed by atoms with Gasteiger partial charge in [-0.05, 0) is 36.4 Å². The Morgan fingerprint density at radius 1 is 1.08 bits per heavy atom. The van der Waals surface area contributed by atoms with E-state index < -0.39 is 0 Å². The Morgan fingerprint density at radius 3 is 2.49 bits per heavy atom. The molecule has 0 saturated heterocycles. The maximum Gasteiger partial charge on any atom is 0.258 e. The molecular weight excluding hydrogens is 488 g/mol. The molecule has 1 amide bonds. The van der Waals surface area contributed by atoms with Gasteiger partial charge in [-0.1, -0.05) is 72.3 Å². The highest BCUT2D eigenvalue weighted by molar-refractivity contribution is 6.31. The van der Waals surface area contributed by atoms with Crippen LogP contribution in [-0.4, -0.2) is 58.4 Å². The summed E-state index contributed by atoms with van der Waals surface area (Å²) < 4.78 is 0. The predicted octanol–water partition coefficient (Wildman–Crippen LogP) is 4.45. The molecule has 1 atom stereocenters. The van der Waals surface area contributed by atoms with Gasteiger partial charge in [-0.25, -0.2) is 5.01 Å². The topological polar surface area (TPSA) is 89.0 Å². The second-order valence-electron chi connectivity index (χ2n) is 9.14. The van der Waals surface area contributed by atoms with Crippen LogP contribution >= 0.6 is 11.6 Å². The monoisotopic (exact) mass is 514 g/mol. The summed E-state index contributed by atoms with van der Waals surface area (Å²) in [7, 11) is 1.78. The standard InChI is InChI=1S/C29H27ClN4O3/c1-33(14-15-35)18-26(36)34-25(19-8-4-2-5-9-19)17-24(32-34)28-27(20-10-6-3-7-11-20)22-16-21(30)12-13-23(22)31-29(28)37/h2-13,16,25,35H,14-15,17-18H2,1H3,(H,31,37)/t25-/m0/s1. The van der Waals surface area contributed by atoms with Gasteiger partial charge in [0.25, 0.3) is 11.5 Å². The number of aliphatic hydroxyl groups excluding tert-OH is 1. The molecule has 37 heavy (non-hydrogen) atoms. The van der Waals surface area contributed by atoms with Crippen molar-refractivity contribution >= 4 is 34.1 Å². The van der Waals surface area contributed by atoms with Crippen LogP contribution in [0.2, 0.25) is 5.02 Å². The molecule has 0 aliphatic carbocycles. The van der Waals surface area contributed by atoms with Crippen LogP contribution < -0.4 is 5.56 Å². The highest BCUT2D eigenvalue weighted by Crippen LogP contribution is 2.37. The first-order valence-electron chi connectivity index (χ1n) is 12.1. The van der Waals surface area contributed by atoms with Crippen LogP contribution in [0.5, 0.6) is 0 Å². The lowest BCUT2D eigenvalue weighted by atomic mass is 9.91. The Morgan fingerprint density at radius 2 is 1.78 bits per heavy atom. The number of amides is 1. The average molecular weight is 515 g/mol. The molecule has 0 spiro atoms. The minimum absolute atomic E-state index is 0.0458. The molecule has 7 nitrogen and oxygen atoms in total. The second kappa shape index (κ2) is 10.7. The summed E-state index contributed by atoms with van der Waals surface area (Å²) in [5, 5.41) is 16.9. The van der Waals surface area contributed by atoms with E-state index in [-0.39, 0.29) is 30.7 Å². The minimum Gasteiger partial charge on any atom is -0.395 e. The quantitative estimate of drug-likeness (QED) is 0.381. The zero-order valence-corrected chi connectivity index (χ0v) is 21.2. The third-order valence-corrected chi connectivity index (χ3v) is 6.80. The normalized spacial score (nSPS) is 15.4. The van der Waals surface area contributed by atoms with Crippen LogP contribution in [0.4, 0.5) is 0 Å². The fraction of sp³-hybridized carbons (Fsp3) is 0.207. The van der Waals surface area contributed by atoms with E-state index in [1.165, 1.54) is 5.01 Å². The Bertz CT molecular complexity index is 1520. The number of hydrogen-bond acceptors (Lipinski definition) is 5. The summed E-state index contributed by atoms with van der Waals surface area (Å²) in [6, 6.07) is 24.4. The number of nitrogens with one attached hydrogen (secondary N) is 1. The number of nitrogens with zero attached hydrogens (tertiary/aromatic N) is 3. The van der Waals surface area contributed by atoms with Crippen LogP contribution in [0.15, 0.2) is 88.8 Å². The van der Waals surface area contributed by atoms with Crippen molar-refractivity contribution in [2.45, 2.75) is 12.5 Å². The fourth-order valence-corrected chi connectivity index (χ4v) is 5.00. The molecule has 1 aromatic heterocycles. The van der Waals surface area contributed by atoms with E-state index in [1.54, 1.807) is 24.1 Å². The molecule has 0 fully saturated rings. The number of rotatable bonds is 7. The third kappa shape index (κ3) is 5.06. The predicted molar refractivity (Wildman–Crippen MR) is 147 cm³/mol. The number of aliphatic hydroxyl groups is 1. The molecule has 0 unspecified atom stereocenters. The number of aromatic nitrogens is 1. The van der Waals surface area contributed by atoms with Crippen molar-refractivity contribution < 1.29 is 9.90 Å². The van der Waals surface area contributed by atoms with E-state index in [4.69, 9.17) is 16.7 Å². The van der Waals surface area contributed by atoms with Crippen molar-refractivity contribution in [2.75, 3.05) is 26.7 Å². The maximum atomic E-state index is 13.6. The number of carbonyl (C=O) groups excluding carboxylic acids is 1. The Balaban J connectivity index is 1.68. The summed E-state index contributed by atoms with van der Waals surface area (Å²) in [4.78, 5) is 31.7. The largest absolute Gasteiger partial charge is 0.395 e. The zero-order valence-electron chi connectivity index (χ0n) is 20.4. The molecule has 5 rings (SSSR count). The molecule has 1 aliphatic rings. The van der Waals surface area contributed by atoms with Crippen LogP contribution in [0.1, 0.15) is 23.6 Å². The van der Waals surface area contributed by atoms with Gasteiger partial charge in [-0.2, -0.15) is 5.10 Å². The smallest absolute Gasteiger partial charge is 0.258 e. The average Bonchev–Trinajstić information content (AvgIpc) is 3.34. The van der Waals surface area contributed by atoms with Crippen molar-refractivity contribution in [1.29, 1.82) is 0 Å². The van der Waals surface area contributed by atoms with Crippen molar-refractivity contribution in [3.05, 3.63) is 105 Å². The number of pyridine rings is 1. The highest BCUT2D eigenvalue weighted by Gasteiger charge is 2.35. The van der Waals surface area contributed by atoms with Gasteiger partial charge in [-0.15, -0.1) is 0 Å². The van der Waals surface area contributed by atoms with Crippen molar-refractivity contribution in [2.24, 2.45) is 5.10 Å². The van der Waals surface area contributed by atoms with Gasteiger partial charge in [0.15, 0.2) is 0 Å². The van der Waals surface area contributed by atoms with E-state index in [1.807, 2.05) is 66.7 Å². The Kier molecular flexibility index (Phi) is 7.19. The second-order valence-corrected chi connectivity index (χ2v) is 9.57. The number of hydrazone groups is 1. The molecule has 2 N–H and O–H groups in total. The molecule has 0 saturated carbocycles. The number of H-pyrrole nitrogens is 1. The van der Waals surface area contributed by atoms with Gasteiger partial charge in [0.2, 0.25) is 0 Å². The number of aromatic amines is 1. The van der Waals surface area contributed by atoms with Gasteiger partial charge in [-0.3, -0.25) is 14.5 Å². The van der Waals surface area contributed by atoms with Gasteiger partial charge in [0, 0.05) is 34.5 Å². The summed E-state index contributed by atoms with van der Waals surface area (Å²) >= 11 is 6.37. The number of halogens is 1. The summed E-state index contributed by atoms with van der Waals surface area (Å²) in [6.45, 7) is 0.418. The van der Waals surface area contributed by atoms with Crippen molar-refractivity contribution in [1.82, 2.24) is 14.9 Å². The Hall–Kier alpha value is -3.78. The van der Waals surface area contributed by atoms with E-state index in [0.717, 1.165) is 22.1 Å². The van der Waals surface area contributed by atoms with Gasteiger partial charge >= 0.3 is 0 Å². The van der Waals surface area contributed by atoms with Crippen molar-refractivity contribution in [3.8, 4) is 11.1 Å². The SMILES string of the molecule is CN(CCO)CC(=O)N1N=C(c2c(-c3ccccc3)c3cc(Cl)ccc3[nH]c2=O)C[C@H]1c1ccccc1. The Labute approximate surface area is 219 Å². The zero-order chi connectivity index (χ0) is 25.9. The van der Waals surface area contributed by atoms with Crippen LogP contribution in [0.3, 0.4) is 0 Å². The molecule has 0 bridgehead atoms. The lowest BCUT2D eigenvalue weighted by Crippen LogP contribution is -2.37. The first-order valence-corrected chi connectivity index (χ1v) is 12.5. The molecule has 4 aromatic rings.